The fraction of sp³-hybridized carbons (Fsp3) is 0.500. The van der Waals surface area contributed by atoms with E-state index in [0.717, 1.165) is 12.0 Å². The van der Waals surface area contributed by atoms with Gasteiger partial charge in [0.05, 0.1) is 5.60 Å². The van der Waals surface area contributed by atoms with Gasteiger partial charge in [-0.1, -0.05) is 24.2 Å². The second-order valence-corrected chi connectivity index (χ2v) is 6.62. The summed E-state index contributed by atoms with van der Waals surface area (Å²) in [5.74, 6) is 0.797. The fourth-order valence-electron chi connectivity index (χ4n) is 2.31. The van der Waals surface area contributed by atoms with Gasteiger partial charge < -0.3 is 14.9 Å². The molecule has 0 spiro atoms. The minimum atomic E-state index is -0.688. The Morgan fingerprint density at radius 3 is 2.50 bits per heavy atom. The lowest BCUT2D eigenvalue weighted by Crippen LogP contribution is -2.28. The van der Waals surface area contributed by atoms with Crippen LogP contribution in [-0.4, -0.2) is 26.8 Å². The number of hydrogen-bond donors (Lipinski definition) is 2. The predicted molar refractivity (Wildman–Crippen MR) is 90.6 cm³/mol. The molecule has 0 saturated carbocycles. The zero-order valence-corrected chi connectivity index (χ0v) is 14.7. The molecule has 2 aromatic rings. The Bertz CT molecular complexity index is 672. The summed E-state index contributed by atoms with van der Waals surface area (Å²) in [5, 5.41) is 16.4. The van der Waals surface area contributed by atoms with E-state index in [1.165, 1.54) is 0 Å². The third-order valence-electron chi connectivity index (χ3n) is 3.80. The lowest BCUT2D eigenvalue weighted by atomic mass is 9.98. The van der Waals surface area contributed by atoms with Gasteiger partial charge in [0.25, 0.3) is 5.91 Å². The summed E-state index contributed by atoms with van der Waals surface area (Å²) < 4.78 is 5.14. The van der Waals surface area contributed by atoms with Crippen LogP contribution < -0.4 is 5.32 Å². The SMILES string of the molecule is CCC(NC(=O)c1ccc(CCC(C)(C)O)cc1)c1nc(C)no1. The molecule has 6 heteroatoms. The average molecular weight is 331 g/mol. The van der Waals surface area contributed by atoms with E-state index in [0.29, 0.717) is 30.1 Å². The third kappa shape index (κ3) is 5.16. The summed E-state index contributed by atoms with van der Waals surface area (Å²) in [7, 11) is 0. The number of carbonyl (C=O) groups excluding carboxylic acids is 1. The molecule has 1 atom stereocenters. The lowest BCUT2D eigenvalue weighted by molar-refractivity contribution is 0.0713. The van der Waals surface area contributed by atoms with E-state index in [1.807, 2.05) is 19.1 Å². The number of nitrogens with one attached hydrogen (secondary N) is 1. The van der Waals surface area contributed by atoms with Crippen molar-refractivity contribution in [2.24, 2.45) is 0 Å². The maximum absolute atomic E-state index is 12.4. The normalized spacial score (nSPS) is 12.9. The highest BCUT2D eigenvalue weighted by Crippen LogP contribution is 2.17. The van der Waals surface area contributed by atoms with E-state index in [2.05, 4.69) is 15.5 Å². The molecule has 6 nitrogen and oxygen atoms in total. The molecule has 1 heterocycles. The van der Waals surface area contributed by atoms with Gasteiger partial charge in [-0.3, -0.25) is 4.79 Å². The molecule has 0 aliphatic heterocycles. The topological polar surface area (TPSA) is 88.2 Å². The standard InChI is InChI=1S/C18H25N3O3/c1-5-15(17-19-12(2)21-24-17)20-16(22)14-8-6-13(7-9-14)10-11-18(3,4)23/h6-9,15,23H,5,10-11H2,1-4H3,(H,20,22). The Balaban J connectivity index is 1.99. The molecular weight excluding hydrogens is 306 g/mol. The van der Waals surface area contributed by atoms with Gasteiger partial charge in [-0.15, -0.1) is 0 Å². The minimum Gasteiger partial charge on any atom is -0.390 e. The molecule has 0 saturated heterocycles. The highest BCUT2D eigenvalue weighted by atomic mass is 16.5. The lowest BCUT2D eigenvalue weighted by Gasteiger charge is -2.16. The first-order valence-electron chi connectivity index (χ1n) is 8.21. The smallest absolute Gasteiger partial charge is 0.251 e. The van der Waals surface area contributed by atoms with Gasteiger partial charge in [-0.25, -0.2) is 0 Å². The molecule has 1 aromatic carbocycles. The van der Waals surface area contributed by atoms with Crippen molar-refractivity contribution in [1.82, 2.24) is 15.5 Å². The number of aryl methyl sites for hydroxylation is 2. The molecule has 130 valence electrons. The monoisotopic (exact) mass is 331 g/mol. The summed E-state index contributed by atoms with van der Waals surface area (Å²) in [4.78, 5) is 16.6. The highest BCUT2D eigenvalue weighted by molar-refractivity contribution is 5.94. The van der Waals surface area contributed by atoms with E-state index in [9.17, 15) is 9.90 Å². The molecule has 1 aromatic heterocycles. The Morgan fingerprint density at radius 2 is 2.00 bits per heavy atom. The van der Waals surface area contributed by atoms with Crippen LogP contribution in [0.5, 0.6) is 0 Å². The first-order chi connectivity index (χ1) is 11.3. The molecular formula is C18H25N3O3. The molecule has 2 N–H and O–H groups in total. The van der Waals surface area contributed by atoms with Gasteiger partial charge in [0.1, 0.15) is 6.04 Å². The van der Waals surface area contributed by atoms with Crippen molar-refractivity contribution in [3.05, 3.63) is 47.1 Å². The van der Waals surface area contributed by atoms with E-state index >= 15 is 0 Å². The van der Waals surface area contributed by atoms with Crippen LogP contribution in [0.2, 0.25) is 0 Å². The number of amides is 1. The van der Waals surface area contributed by atoms with Crippen LogP contribution in [-0.2, 0) is 6.42 Å². The van der Waals surface area contributed by atoms with Crippen LogP contribution in [0, 0.1) is 6.92 Å². The van der Waals surface area contributed by atoms with Crippen LogP contribution in [0.25, 0.3) is 0 Å². The van der Waals surface area contributed by atoms with Crippen LogP contribution in [0.3, 0.4) is 0 Å². The maximum atomic E-state index is 12.4. The molecule has 0 fully saturated rings. The van der Waals surface area contributed by atoms with Gasteiger partial charge in [0.15, 0.2) is 5.82 Å². The van der Waals surface area contributed by atoms with Crippen molar-refractivity contribution >= 4 is 5.91 Å². The molecule has 0 aliphatic rings. The van der Waals surface area contributed by atoms with Crippen molar-refractivity contribution in [1.29, 1.82) is 0 Å². The Labute approximate surface area is 142 Å². The largest absolute Gasteiger partial charge is 0.390 e. The zero-order chi connectivity index (χ0) is 17.7. The second kappa shape index (κ2) is 7.57. The van der Waals surface area contributed by atoms with Gasteiger partial charge >= 0.3 is 0 Å². The fourth-order valence-corrected chi connectivity index (χ4v) is 2.31. The van der Waals surface area contributed by atoms with E-state index in [4.69, 9.17) is 4.52 Å². The van der Waals surface area contributed by atoms with Crippen LogP contribution >= 0.6 is 0 Å². The Morgan fingerprint density at radius 1 is 1.33 bits per heavy atom. The second-order valence-electron chi connectivity index (χ2n) is 6.62. The molecule has 1 amide bonds. The zero-order valence-electron chi connectivity index (χ0n) is 14.7. The van der Waals surface area contributed by atoms with Crippen LogP contribution in [0.15, 0.2) is 28.8 Å². The molecule has 0 aliphatic carbocycles. The molecule has 1 unspecified atom stereocenters. The summed E-state index contributed by atoms with van der Waals surface area (Å²) in [6.45, 7) is 7.27. The molecule has 2 rings (SSSR count). The van der Waals surface area contributed by atoms with Crippen molar-refractivity contribution in [3.63, 3.8) is 0 Å². The van der Waals surface area contributed by atoms with Crippen molar-refractivity contribution in [3.8, 4) is 0 Å². The van der Waals surface area contributed by atoms with Gasteiger partial charge in [-0.05, 0) is 57.7 Å². The van der Waals surface area contributed by atoms with Crippen molar-refractivity contribution < 1.29 is 14.4 Å². The number of aromatic nitrogens is 2. The highest BCUT2D eigenvalue weighted by Gasteiger charge is 2.19. The van der Waals surface area contributed by atoms with Crippen molar-refractivity contribution in [2.45, 2.75) is 58.6 Å². The number of nitrogens with zero attached hydrogens (tertiary/aromatic N) is 2. The van der Waals surface area contributed by atoms with Gasteiger partial charge in [0.2, 0.25) is 5.89 Å². The first-order valence-corrected chi connectivity index (χ1v) is 8.21. The average Bonchev–Trinajstić information content (AvgIpc) is 2.96. The van der Waals surface area contributed by atoms with Crippen LogP contribution in [0.4, 0.5) is 0 Å². The minimum absolute atomic E-state index is 0.174. The quantitative estimate of drug-likeness (QED) is 0.814. The predicted octanol–water partition coefficient (Wildman–Crippen LogP) is 2.96. The molecule has 0 bridgehead atoms. The van der Waals surface area contributed by atoms with Gasteiger partial charge in [-0.2, -0.15) is 4.98 Å². The molecule has 0 radical (unpaired) electrons. The van der Waals surface area contributed by atoms with E-state index < -0.39 is 5.60 Å². The Hall–Kier alpha value is -2.21. The van der Waals surface area contributed by atoms with Gasteiger partial charge in [0, 0.05) is 5.56 Å². The van der Waals surface area contributed by atoms with Crippen LogP contribution in [0.1, 0.15) is 67.3 Å². The van der Waals surface area contributed by atoms with Crippen molar-refractivity contribution in [2.75, 3.05) is 0 Å². The number of rotatable bonds is 7. The maximum Gasteiger partial charge on any atom is 0.251 e. The molecule has 24 heavy (non-hydrogen) atoms. The number of benzene rings is 1. The number of carbonyl (C=O) groups is 1. The summed E-state index contributed by atoms with van der Waals surface area (Å²) in [5.41, 5.74) is 0.983. The summed E-state index contributed by atoms with van der Waals surface area (Å²) >= 11 is 0. The number of aliphatic hydroxyl groups is 1. The first kappa shape index (κ1) is 18.1. The van der Waals surface area contributed by atoms with E-state index in [-0.39, 0.29) is 11.9 Å². The summed E-state index contributed by atoms with van der Waals surface area (Å²) in [6.07, 6.45) is 2.11. The summed E-state index contributed by atoms with van der Waals surface area (Å²) in [6, 6.07) is 7.12. The third-order valence-corrected chi connectivity index (χ3v) is 3.80. The van der Waals surface area contributed by atoms with E-state index in [1.54, 1.807) is 32.9 Å². The number of hydrogen-bond acceptors (Lipinski definition) is 5. The Kier molecular flexibility index (Phi) is 5.72.